The minimum Gasteiger partial charge on any atom is -0.396 e. The summed E-state index contributed by atoms with van der Waals surface area (Å²) in [6.07, 6.45) is 1.33. The first-order chi connectivity index (χ1) is 11.6. The molecule has 0 saturated carbocycles. The monoisotopic (exact) mass is 349 g/mol. The minimum absolute atomic E-state index is 0.00211. The molecule has 24 heavy (non-hydrogen) atoms. The van der Waals surface area contributed by atoms with Gasteiger partial charge in [-0.3, -0.25) is 14.2 Å². The van der Waals surface area contributed by atoms with Crippen molar-refractivity contribution < 1.29 is 9.90 Å². The second-order valence-corrected chi connectivity index (χ2v) is 6.55. The van der Waals surface area contributed by atoms with E-state index in [4.69, 9.17) is 5.11 Å². The highest BCUT2D eigenvalue weighted by Crippen LogP contribution is 2.18. The van der Waals surface area contributed by atoms with Gasteiger partial charge >= 0.3 is 0 Å². The Labute approximate surface area is 145 Å². The molecule has 1 unspecified atom stereocenters. The van der Waals surface area contributed by atoms with Gasteiger partial charge in [0.2, 0.25) is 5.91 Å². The van der Waals surface area contributed by atoms with E-state index in [1.54, 1.807) is 22.8 Å². The summed E-state index contributed by atoms with van der Waals surface area (Å²) in [4.78, 5) is 29.1. The number of rotatable bonds is 8. The highest BCUT2D eigenvalue weighted by Gasteiger charge is 2.13. The third-order valence-corrected chi connectivity index (χ3v) is 4.69. The molecule has 1 aromatic carbocycles. The molecule has 0 radical (unpaired) electrons. The van der Waals surface area contributed by atoms with Gasteiger partial charge in [0.05, 0.1) is 16.7 Å². The normalized spacial score (nSPS) is 12.3. The molecule has 0 spiro atoms. The number of nitrogens with zero attached hydrogens (tertiary/aromatic N) is 2. The minimum atomic E-state index is -0.140. The van der Waals surface area contributed by atoms with E-state index < -0.39 is 0 Å². The molecular formula is C17H23N3O3S. The second kappa shape index (κ2) is 8.84. The highest BCUT2D eigenvalue weighted by atomic mass is 32.2. The Bertz CT molecular complexity index is 760. The lowest BCUT2D eigenvalue weighted by atomic mass is 10.2. The van der Waals surface area contributed by atoms with Crippen LogP contribution in [0.1, 0.15) is 26.7 Å². The van der Waals surface area contributed by atoms with Gasteiger partial charge in [-0.2, -0.15) is 0 Å². The first-order valence-corrected chi connectivity index (χ1v) is 9.08. The smallest absolute Gasteiger partial charge is 0.262 e. The van der Waals surface area contributed by atoms with Gasteiger partial charge in [0.15, 0.2) is 5.16 Å². The number of hydrogen-bond donors (Lipinski definition) is 2. The maximum Gasteiger partial charge on any atom is 0.262 e. The number of carbonyl (C=O) groups excluding carboxylic acids is 1. The van der Waals surface area contributed by atoms with E-state index in [1.165, 1.54) is 11.8 Å². The van der Waals surface area contributed by atoms with Crippen LogP contribution in [0.5, 0.6) is 0 Å². The van der Waals surface area contributed by atoms with Crippen molar-refractivity contribution in [3.05, 3.63) is 34.6 Å². The van der Waals surface area contributed by atoms with Crippen molar-refractivity contribution in [1.29, 1.82) is 0 Å². The van der Waals surface area contributed by atoms with Gasteiger partial charge in [-0.05, 0) is 31.9 Å². The molecule has 6 nitrogen and oxygen atoms in total. The van der Waals surface area contributed by atoms with Crippen molar-refractivity contribution in [1.82, 2.24) is 14.9 Å². The lowest BCUT2D eigenvalue weighted by Gasteiger charge is -2.14. The van der Waals surface area contributed by atoms with Crippen LogP contribution in [-0.4, -0.2) is 39.0 Å². The fraction of sp³-hybridized carbons (Fsp3) is 0.471. The Balaban J connectivity index is 2.26. The molecule has 0 aliphatic heterocycles. The molecule has 0 aliphatic carbocycles. The molecular weight excluding hydrogens is 326 g/mol. The molecule has 2 aromatic rings. The van der Waals surface area contributed by atoms with Crippen molar-refractivity contribution in [3.63, 3.8) is 0 Å². The number of amides is 1. The van der Waals surface area contributed by atoms with Crippen LogP contribution < -0.4 is 10.9 Å². The van der Waals surface area contributed by atoms with Crippen LogP contribution in [0.25, 0.3) is 10.9 Å². The van der Waals surface area contributed by atoms with E-state index in [0.29, 0.717) is 29.0 Å². The molecule has 1 aromatic heterocycles. The van der Waals surface area contributed by atoms with Crippen LogP contribution >= 0.6 is 11.8 Å². The summed E-state index contributed by atoms with van der Waals surface area (Å²) < 4.78 is 1.54. The van der Waals surface area contributed by atoms with E-state index in [9.17, 15) is 9.59 Å². The molecule has 1 atom stereocenters. The van der Waals surface area contributed by atoms with Gasteiger partial charge in [0.25, 0.3) is 5.56 Å². The van der Waals surface area contributed by atoms with Crippen LogP contribution in [0.15, 0.2) is 34.2 Å². The number of para-hydroxylation sites is 1. The summed E-state index contributed by atoms with van der Waals surface area (Å²) in [6, 6.07) is 7.28. The summed E-state index contributed by atoms with van der Waals surface area (Å²) in [5.74, 6) is 0.124. The number of aliphatic hydroxyl groups is 1. The molecule has 130 valence electrons. The molecule has 0 bridgehead atoms. The number of fused-ring (bicyclic) bond motifs is 1. The zero-order chi connectivity index (χ0) is 17.5. The van der Waals surface area contributed by atoms with E-state index in [2.05, 4.69) is 10.3 Å². The first-order valence-electron chi connectivity index (χ1n) is 8.09. The Morgan fingerprint density at radius 1 is 1.42 bits per heavy atom. The van der Waals surface area contributed by atoms with Crippen molar-refractivity contribution in [3.8, 4) is 0 Å². The number of aromatic nitrogens is 2. The Kier molecular flexibility index (Phi) is 6.81. The van der Waals surface area contributed by atoms with Crippen LogP contribution in [0, 0.1) is 0 Å². The van der Waals surface area contributed by atoms with Gasteiger partial charge < -0.3 is 10.4 Å². The summed E-state index contributed by atoms with van der Waals surface area (Å²) >= 11 is 1.25. The fourth-order valence-electron chi connectivity index (χ4n) is 2.23. The molecule has 2 rings (SSSR count). The fourth-order valence-corrected chi connectivity index (χ4v) is 3.07. The van der Waals surface area contributed by atoms with Crippen LogP contribution in [0.3, 0.4) is 0 Å². The largest absolute Gasteiger partial charge is 0.396 e. The Morgan fingerprint density at radius 3 is 2.88 bits per heavy atom. The van der Waals surface area contributed by atoms with E-state index >= 15 is 0 Å². The SMILES string of the molecule is CCC(C)NC(=O)CSc1nc2ccccc2c(=O)n1CCCO. The number of thioether (sulfide) groups is 1. The molecule has 0 aliphatic rings. The van der Waals surface area contributed by atoms with Crippen molar-refractivity contribution >= 4 is 28.6 Å². The quantitative estimate of drug-likeness (QED) is 0.561. The maximum atomic E-state index is 12.7. The van der Waals surface area contributed by atoms with Gasteiger partial charge in [0.1, 0.15) is 0 Å². The number of hydrogen-bond acceptors (Lipinski definition) is 5. The number of aliphatic hydroxyl groups excluding tert-OH is 1. The molecule has 1 heterocycles. The number of carbonyl (C=O) groups is 1. The molecule has 0 fully saturated rings. The van der Waals surface area contributed by atoms with E-state index in [-0.39, 0.29) is 29.9 Å². The summed E-state index contributed by atoms with van der Waals surface area (Å²) in [5.41, 5.74) is 0.478. The standard InChI is InChI=1S/C17H23N3O3S/c1-3-12(2)18-15(22)11-24-17-19-14-8-5-4-7-13(14)16(23)20(17)9-6-10-21/h4-5,7-8,12,21H,3,6,9-11H2,1-2H3,(H,18,22). The highest BCUT2D eigenvalue weighted by molar-refractivity contribution is 7.99. The number of nitrogens with one attached hydrogen (secondary N) is 1. The Morgan fingerprint density at radius 2 is 2.17 bits per heavy atom. The zero-order valence-electron chi connectivity index (χ0n) is 14.0. The lowest BCUT2D eigenvalue weighted by molar-refractivity contribution is -0.119. The third kappa shape index (κ3) is 4.58. The van der Waals surface area contributed by atoms with Gasteiger partial charge in [-0.25, -0.2) is 4.98 Å². The van der Waals surface area contributed by atoms with Gasteiger partial charge in [-0.1, -0.05) is 30.8 Å². The van der Waals surface area contributed by atoms with Crippen molar-refractivity contribution in [2.24, 2.45) is 0 Å². The topological polar surface area (TPSA) is 84.2 Å². The second-order valence-electron chi connectivity index (χ2n) is 5.61. The van der Waals surface area contributed by atoms with Gasteiger partial charge in [-0.15, -0.1) is 0 Å². The van der Waals surface area contributed by atoms with E-state index in [1.807, 2.05) is 19.9 Å². The van der Waals surface area contributed by atoms with Crippen LogP contribution in [-0.2, 0) is 11.3 Å². The first kappa shape index (κ1) is 18.5. The average molecular weight is 349 g/mol. The molecule has 7 heteroatoms. The molecule has 2 N–H and O–H groups in total. The Hall–Kier alpha value is -1.86. The maximum absolute atomic E-state index is 12.7. The summed E-state index contributed by atoms with van der Waals surface area (Å²) in [6.45, 7) is 4.34. The van der Waals surface area contributed by atoms with Crippen LogP contribution in [0.4, 0.5) is 0 Å². The van der Waals surface area contributed by atoms with Crippen LogP contribution in [0.2, 0.25) is 0 Å². The predicted molar refractivity (Wildman–Crippen MR) is 96.3 cm³/mol. The zero-order valence-corrected chi connectivity index (χ0v) is 14.8. The van der Waals surface area contributed by atoms with Crippen molar-refractivity contribution in [2.75, 3.05) is 12.4 Å². The number of benzene rings is 1. The van der Waals surface area contributed by atoms with Crippen molar-refractivity contribution in [2.45, 2.75) is 44.4 Å². The molecule has 1 amide bonds. The summed E-state index contributed by atoms with van der Waals surface area (Å²) in [7, 11) is 0. The van der Waals surface area contributed by atoms with E-state index in [0.717, 1.165) is 6.42 Å². The van der Waals surface area contributed by atoms with Gasteiger partial charge in [0, 0.05) is 19.2 Å². The molecule has 0 saturated heterocycles. The third-order valence-electron chi connectivity index (χ3n) is 3.72. The average Bonchev–Trinajstić information content (AvgIpc) is 2.59. The summed E-state index contributed by atoms with van der Waals surface area (Å²) in [5, 5.41) is 13.0. The lowest BCUT2D eigenvalue weighted by Crippen LogP contribution is -2.33. The predicted octanol–water partition coefficient (Wildman–Crippen LogP) is 1.79.